The van der Waals surface area contributed by atoms with Crippen LogP contribution in [0.1, 0.15) is 18.1 Å². The molecule has 8 nitrogen and oxygen atoms in total. The van der Waals surface area contributed by atoms with Crippen LogP contribution in [-0.4, -0.2) is 51.4 Å². The highest BCUT2D eigenvalue weighted by molar-refractivity contribution is 5.94. The normalized spacial score (nSPS) is 15.0. The molecule has 2 aromatic carbocycles. The summed E-state index contributed by atoms with van der Waals surface area (Å²) in [6.07, 6.45) is -6.47. The van der Waals surface area contributed by atoms with Crippen molar-refractivity contribution in [3.63, 3.8) is 0 Å². The van der Waals surface area contributed by atoms with Gasteiger partial charge >= 0.3 is 12.1 Å². The van der Waals surface area contributed by atoms with Crippen molar-refractivity contribution in [1.82, 2.24) is 4.98 Å². The third-order valence-electron chi connectivity index (χ3n) is 6.26. The van der Waals surface area contributed by atoms with Crippen molar-refractivity contribution in [1.29, 1.82) is 0 Å². The Kier molecular flexibility index (Phi) is 7.41. The molecule has 0 saturated carbocycles. The average Bonchev–Trinajstić information content (AvgIpc) is 3.37. The number of rotatable bonds is 9. The van der Waals surface area contributed by atoms with Crippen LogP contribution in [0, 0.1) is 0 Å². The van der Waals surface area contributed by atoms with Crippen LogP contribution in [-0.2, 0) is 26.3 Å². The summed E-state index contributed by atoms with van der Waals surface area (Å²) in [6, 6.07) is 9.99. The summed E-state index contributed by atoms with van der Waals surface area (Å²) in [5.41, 5.74) is -2.71. The highest BCUT2D eigenvalue weighted by Gasteiger charge is 2.64. The molecule has 0 aliphatic carbocycles. The fraction of sp³-hybridized carbons (Fsp3) is 0.333. The van der Waals surface area contributed by atoms with Gasteiger partial charge in [-0.2, -0.15) is 13.2 Å². The molecule has 3 aromatic rings. The minimum absolute atomic E-state index is 0.0259. The number of carbonyl (C=O) groups excluding carboxylic acids is 1. The molecular weight excluding hydrogens is 507 g/mol. The highest BCUT2D eigenvalue weighted by Crippen LogP contribution is 2.46. The Bertz CT molecular complexity index is 1360. The maximum absolute atomic E-state index is 14.4. The number of halogens is 3. The van der Waals surface area contributed by atoms with E-state index >= 15 is 0 Å². The number of carbonyl (C=O) groups is 1. The quantitative estimate of drug-likeness (QED) is 0.277. The Balaban J connectivity index is 1.77. The zero-order valence-electron chi connectivity index (χ0n) is 21.2. The maximum atomic E-state index is 14.4. The number of nitrogens with zero attached hydrogens (tertiary/aromatic N) is 1. The van der Waals surface area contributed by atoms with E-state index in [0.717, 1.165) is 19.2 Å². The van der Waals surface area contributed by atoms with Crippen LogP contribution < -0.4 is 18.9 Å². The third kappa shape index (κ3) is 4.47. The Hall–Kier alpha value is -3.99. The number of methoxy groups -OCH3 is 3. The molecule has 1 aliphatic heterocycles. The van der Waals surface area contributed by atoms with Gasteiger partial charge in [-0.05, 0) is 24.6 Å². The number of fused-ring (bicyclic) bond motifs is 3. The second-order valence-corrected chi connectivity index (χ2v) is 8.52. The van der Waals surface area contributed by atoms with Gasteiger partial charge in [-0.15, -0.1) is 0 Å². The van der Waals surface area contributed by atoms with Crippen LogP contribution in [0.5, 0.6) is 23.1 Å². The van der Waals surface area contributed by atoms with Crippen molar-refractivity contribution >= 4 is 16.9 Å². The van der Waals surface area contributed by atoms with Gasteiger partial charge in [0, 0.05) is 24.5 Å². The lowest BCUT2D eigenvalue weighted by Crippen LogP contribution is -2.52. The number of hydrogen-bond donors (Lipinski definition) is 0. The molecular formula is C27H26F3NO7. The topological polar surface area (TPSA) is 85.3 Å². The van der Waals surface area contributed by atoms with E-state index in [-0.39, 0.29) is 24.7 Å². The van der Waals surface area contributed by atoms with Crippen molar-refractivity contribution < 1.29 is 46.4 Å². The van der Waals surface area contributed by atoms with Gasteiger partial charge in [0.15, 0.2) is 11.5 Å². The van der Waals surface area contributed by atoms with E-state index in [1.54, 1.807) is 12.1 Å². The van der Waals surface area contributed by atoms with Crippen LogP contribution in [0.25, 0.3) is 10.9 Å². The summed E-state index contributed by atoms with van der Waals surface area (Å²) in [4.78, 5) is 17.8. The van der Waals surface area contributed by atoms with Crippen LogP contribution >= 0.6 is 0 Å². The molecule has 0 spiro atoms. The minimum Gasteiger partial charge on any atom is -0.496 e. The molecule has 0 unspecified atom stereocenters. The molecule has 0 bridgehead atoms. The molecule has 202 valence electrons. The predicted octanol–water partition coefficient (Wildman–Crippen LogP) is 5.12. The molecule has 4 rings (SSSR count). The van der Waals surface area contributed by atoms with Crippen molar-refractivity contribution in [2.24, 2.45) is 0 Å². The van der Waals surface area contributed by atoms with Crippen molar-refractivity contribution in [3.05, 3.63) is 65.7 Å². The monoisotopic (exact) mass is 533 g/mol. The summed E-state index contributed by atoms with van der Waals surface area (Å²) in [5, 5.41) is 0.546. The molecule has 38 heavy (non-hydrogen) atoms. The van der Waals surface area contributed by atoms with Gasteiger partial charge < -0.3 is 28.4 Å². The highest BCUT2D eigenvalue weighted by atomic mass is 19.4. The first-order valence-electron chi connectivity index (χ1n) is 11.5. The van der Waals surface area contributed by atoms with E-state index in [0.29, 0.717) is 33.7 Å². The fourth-order valence-corrected chi connectivity index (χ4v) is 4.36. The number of pyridine rings is 1. The zero-order chi connectivity index (χ0) is 27.7. The van der Waals surface area contributed by atoms with Gasteiger partial charge in [-0.25, -0.2) is 9.78 Å². The molecule has 0 radical (unpaired) electrons. The van der Waals surface area contributed by atoms with Gasteiger partial charge in [-0.3, -0.25) is 0 Å². The van der Waals surface area contributed by atoms with Gasteiger partial charge in [0.05, 0.1) is 19.8 Å². The van der Waals surface area contributed by atoms with E-state index in [2.05, 4.69) is 11.6 Å². The van der Waals surface area contributed by atoms with E-state index in [9.17, 15) is 18.0 Å². The summed E-state index contributed by atoms with van der Waals surface area (Å²) in [7, 11) is 3.62. The Labute approximate surface area is 216 Å². The second kappa shape index (κ2) is 10.4. The smallest absolute Gasteiger partial charge is 0.432 e. The van der Waals surface area contributed by atoms with Crippen molar-refractivity contribution in [3.8, 4) is 23.1 Å². The van der Waals surface area contributed by atoms with Crippen LogP contribution in [0.15, 0.2) is 54.6 Å². The van der Waals surface area contributed by atoms with E-state index in [4.69, 9.17) is 28.4 Å². The lowest BCUT2D eigenvalue weighted by molar-refractivity contribution is -0.277. The van der Waals surface area contributed by atoms with E-state index in [1.165, 1.54) is 39.3 Å². The van der Waals surface area contributed by atoms with Gasteiger partial charge in [0.1, 0.15) is 17.4 Å². The molecule has 0 fully saturated rings. The molecule has 0 N–H and O–H groups in total. The van der Waals surface area contributed by atoms with Gasteiger partial charge in [0.2, 0.25) is 12.7 Å². The standard InChI is InChI=1S/C27H26F3NO7/c1-15(2)20(38-25(32)26(35-5,27(28,29)30)16-9-7-6-8-10-16)13-18-22(33-3)17-11-12-19-23(37-14-36-19)21(17)31-24(18)34-4/h6-12,20H,1,13-14H2,2-5H3/t20-,26-/m1/s1. The Morgan fingerprint density at radius 1 is 1.08 bits per heavy atom. The molecule has 0 amide bonds. The van der Waals surface area contributed by atoms with Crippen LogP contribution in [0.2, 0.25) is 0 Å². The molecule has 2 heterocycles. The number of benzene rings is 2. The van der Waals surface area contributed by atoms with Crippen molar-refractivity contribution in [2.75, 3.05) is 28.1 Å². The molecule has 1 aliphatic rings. The summed E-state index contributed by atoms with van der Waals surface area (Å²) in [5.74, 6) is -0.297. The Morgan fingerprint density at radius 3 is 2.37 bits per heavy atom. The lowest BCUT2D eigenvalue weighted by atomic mass is 9.92. The molecule has 2 atom stereocenters. The Morgan fingerprint density at radius 2 is 1.79 bits per heavy atom. The van der Waals surface area contributed by atoms with Gasteiger partial charge in [-0.1, -0.05) is 36.9 Å². The minimum atomic E-state index is -5.12. The average molecular weight is 533 g/mol. The number of hydrogen-bond acceptors (Lipinski definition) is 8. The maximum Gasteiger partial charge on any atom is 0.432 e. The molecule has 1 aromatic heterocycles. The first-order chi connectivity index (χ1) is 18.1. The van der Waals surface area contributed by atoms with Crippen LogP contribution in [0.4, 0.5) is 13.2 Å². The zero-order valence-corrected chi connectivity index (χ0v) is 21.2. The van der Waals surface area contributed by atoms with E-state index < -0.39 is 29.4 Å². The summed E-state index contributed by atoms with van der Waals surface area (Å²) < 4.78 is 75.6. The van der Waals surface area contributed by atoms with Crippen molar-refractivity contribution in [2.45, 2.75) is 31.2 Å². The largest absolute Gasteiger partial charge is 0.496 e. The SMILES string of the molecule is C=C(C)[C@@H](Cc1c(OC)nc2c3c(ccc2c1OC)OCO3)OC(=O)[C@](OC)(c1ccccc1)C(F)(F)F. The number of esters is 1. The van der Waals surface area contributed by atoms with Crippen LogP contribution in [0.3, 0.4) is 0 Å². The lowest BCUT2D eigenvalue weighted by Gasteiger charge is -2.34. The van der Waals surface area contributed by atoms with E-state index in [1.807, 2.05) is 0 Å². The summed E-state index contributed by atoms with van der Waals surface area (Å²) in [6.45, 7) is 5.39. The number of ether oxygens (including phenoxy) is 6. The molecule has 11 heteroatoms. The first kappa shape index (κ1) is 27.1. The third-order valence-corrected chi connectivity index (χ3v) is 6.26. The number of aromatic nitrogens is 1. The van der Waals surface area contributed by atoms with Gasteiger partial charge in [0.25, 0.3) is 5.60 Å². The second-order valence-electron chi connectivity index (χ2n) is 8.52. The summed E-state index contributed by atoms with van der Waals surface area (Å²) >= 11 is 0. The number of alkyl halides is 3. The molecule has 0 saturated heterocycles. The predicted molar refractivity (Wildman–Crippen MR) is 131 cm³/mol. The fourth-order valence-electron chi connectivity index (χ4n) is 4.36. The first-order valence-corrected chi connectivity index (χ1v) is 11.5.